The number of carbonyl (C=O) groups excluding carboxylic acids is 3. The molecule has 2 aromatic carbocycles. The Balaban J connectivity index is 2.18. The van der Waals surface area contributed by atoms with Crippen LogP contribution in [0.4, 0.5) is 23.2 Å². The van der Waals surface area contributed by atoms with E-state index in [-0.39, 0.29) is 22.6 Å². The van der Waals surface area contributed by atoms with Gasteiger partial charge in [0.1, 0.15) is 17.1 Å². The van der Waals surface area contributed by atoms with Crippen LogP contribution < -0.4 is 10.1 Å². The summed E-state index contributed by atoms with van der Waals surface area (Å²) < 4.78 is 61.1. The van der Waals surface area contributed by atoms with Crippen molar-refractivity contribution in [2.45, 2.75) is 19.5 Å². The van der Waals surface area contributed by atoms with Gasteiger partial charge < -0.3 is 14.8 Å². The highest BCUT2D eigenvalue weighted by molar-refractivity contribution is 5.97. The fraction of sp³-hybridized carbons (Fsp3) is 0.211. The average molecular weight is 413 g/mol. The third kappa shape index (κ3) is 5.77. The number of anilines is 1. The standard InChI is InChI=1S/C19H15F4NO5/c1-10(25)29-16-6-5-13(9-14(16)18(27)28-2)24-17(26)7-11-3-4-12(8-15(11)20)19(21,22)23/h3-6,8-9H,7H2,1-2H3,(H,24,26). The van der Waals surface area contributed by atoms with Gasteiger partial charge in [-0.1, -0.05) is 6.07 Å². The van der Waals surface area contributed by atoms with Gasteiger partial charge in [-0.15, -0.1) is 0 Å². The molecule has 0 aliphatic carbocycles. The molecule has 0 unspecified atom stereocenters. The molecule has 2 rings (SSSR count). The molecule has 0 saturated carbocycles. The fourth-order valence-corrected chi connectivity index (χ4v) is 2.37. The summed E-state index contributed by atoms with van der Waals surface area (Å²) in [6, 6.07) is 5.63. The molecule has 1 amide bonds. The van der Waals surface area contributed by atoms with Crippen molar-refractivity contribution in [3.8, 4) is 5.75 Å². The first-order valence-electron chi connectivity index (χ1n) is 8.07. The van der Waals surface area contributed by atoms with Crippen molar-refractivity contribution in [1.29, 1.82) is 0 Å². The Labute approximate surface area is 162 Å². The number of rotatable bonds is 5. The highest BCUT2D eigenvalue weighted by Crippen LogP contribution is 2.30. The molecule has 6 nitrogen and oxygen atoms in total. The zero-order chi connectivity index (χ0) is 21.8. The van der Waals surface area contributed by atoms with E-state index >= 15 is 0 Å². The third-order valence-electron chi connectivity index (χ3n) is 3.65. The van der Waals surface area contributed by atoms with E-state index in [2.05, 4.69) is 10.1 Å². The molecule has 0 fully saturated rings. The van der Waals surface area contributed by atoms with Gasteiger partial charge in [0.15, 0.2) is 0 Å². The molecule has 0 spiro atoms. The topological polar surface area (TPSA) is 81.7 Å². The third-order valence-corrected chi connectivity index (χ3v) is 3.65. The number of benzene rings is 2. The molecule has 10 heteroatoms. The van der Waals surface area contributed by atoms with Crippen LogP contribution in [0.25, 0.3) is 0 Å². The van der Waals surface area contributed by atoms with Crippen LogP contribution in [0.3, 0.4) is 0 Å². The minimum atomic E-state index is -4.70. The van der Waals surface area contributed by atoms with Gasteiger partial charge in [-0.05, 0) is 35.9 Å². The Bertz CT molecular complexity index is 956. The predicted molar refractivity (Wildman–Crippen MR) is 92.8 cm³/mol. The minimum absolute atomic E-state index is 0.0869. The second kappa shape index (κ2) is 8.72. The first-order valence-corrected chi connectivity index (χ1v) is 8.07. The molecule has 1 N–H and O–H groups in total. The van der Waals surface area contributed by atoms with E-state index < -0.39 is 41.8 Å². The Morgan fingerprint density at radius 2 is 1.76 bits per heavy atom. The summed E-state index contributed by atoms with van der Waals surface area (Å²) in [5.41, 5.74) is -1.43. The largest absolute Gasteiger partial charge is 0.465 e. The Morgan fingerprint density at radius 1 is 1.07 bits per heavy atom. The lowest BCUT2D eigenvalue weighted by atomic mass is 10.1. The monoisotopic (exact) mass is 413 g/mol. The second-order valence-corrected chi connectivity index (χ2v) is 5.83. The van der Waals surface area contributed by atoms with Gasteiger partial charge in [-0.2, -0.15) is 13.2 Å². The quantitative estimate of drug-likeness (QED) is 0.459. The minimum Gasteiger partial charge on any atom is -0.465 e. The van der Waals surface area contributed by atoms with Crippen molar-refractivity contribution in [2.75, 3.05) is 12.4 Å². The van der Waals surface area contributed by atoms with Crippen molar-refractivity contribution in [1.82, 2.24) is 0 Å². The smallest absolute Gasteiger partial charge is 0.416 e. The molecule has 0 aliphatic heterocycles. The van der Waals surface area contributed by atoms with E-state index in [0.29, 0.717) is 12.1 Å². The first kappa shape index (κ1) is 21.9. The summed E-state index contributed by atoms with van der Waals surface area (Å²) in [7, 11) is 1.11. The van der Waals surface area contributed by atoms with Crippen molar-refractivity contribution in [2.24, 2.45) is 0 Å². The van der Waals surface area contributed by atoms with Crippen LogP contribution in [0.15, 0.2) is 36.4 Å². The van der Waals surface area contributed by atoms with Crippen LogP contribution in [-0.4, -0.2) is 25.0 Å². The van der Waals surface area contributed by atoms with Gasteiger partial charge in [-0.3, -0.25) is 9.59 Å². The Hall–Kier alpha value is -3.43. The molecule has 0 atom stereocenters. The van der Waals surface area contributed by atoms with Crippen LogP contribution in [0.2, 0.25) is 0 Å². The molecular formula is C19H15F4NO5. The SMILES string of the molecule is COC(=O)c1cc(NC(=O)Cc2ccc(C(F)(F)F)cc2F)ccc1OC(C)=O. The maximum Gasteiger partial charge on any atom is 0.416 e. The maximum atomic E-state index is 13.9. The highest BCUT2D eigenvalue weighted by Gasteiger charge is 2.31. The lowest BCUT2D eigenvalue weighted by molar-refractivity contribution is -0.137. The van der Waals surface area contributed by atoms with Crippen molar-refractivity contribution in [3.05, 3.63) is 58.9 Å². The van der Waals surface area contributed by atoms with Gasteiger partial charge in [0, 0.05) is 12.6 Å². The van der Waals surface area contributed by atoms with E-state index in [0.717, 1.165) is 20.1 Å². The van der Waals surface area contributed by atoms with Gasteiger partial charge in [-0.25, -0.2) is 9.18 Å². The normalized spacial score (nSPS) is 11.0. The van der Waals surface area contributed by atoms with Crippen LogP contribution >= 0.6 is 0 Å². The van der Waals surface area contributed by atoms with Gasteiger partial charge >= 0.3 is 18.1 Å². The molecule has 0 radical (unpaired) electrons. The van der Waals surface area contributed by atoms with Gasteiger partial charge in [0.05, 0.1) is 19.1 Å². The second-order valence-electron chi connectivity index (χ2n) is 5.83. The summed E-state index contributed by atoms with van der Waals surface area (Å²) in [6.07, 6.45) is -5.24. The lowest BCUT2D eigenvalue weighted by Crippen LogP contribution is -2.17. The number of halogens is 4. The summed E-state index contributed by atoms with van der Waals surface area (Å²) in [5, 5.41) is 2.39. The molecule has 154 valence electrons. The number of amides is 1. The van der Waals surface area contributed by atoms with E-state index in [4.69, 9.17) is 4.74 Å². The van der Waals surface area contributed by atoms with Crippen molar-refractivity contribution < 1.29 is 41.4 Å². The summed E-state index contributed by atoms with van der Waals surface area (Å²) in [5.74, 6) is -3.50. The number of nitrogens with one attached hydrogen (secondary N) is 1. The molecule has 0 bridgehead atoms. The van der Waals surface area contributed by atoms with E-state index in [1.807, 2.05) is 0 Å². The lowest BCUT2D eigenvalue weighted by Gasteiger charge is -2.12. The number of methoxy groups -OCH3 is 1. The maximum absolute atomic E-state index is 13.9. The first-order chi connectivity index (χ1) is 13.5. The molecule has 2 aromatic rings. The van der Waals surface area contributed by atoms with Crippen LogP contribution in [0, 0.1) is 5.82 Å². The van der Waals surface area contributed by atoms with E-state index in [1.165, 1.54) is 18.2 Å². The number of hydrogen-bond acceptors (Lipinski definition) is 5. The highest BCUT2D eigenvalue weighted by atomic mass is 19.4. The van der Waals surface area contributed by atoms with Gasteiger partial charge in [0.2, 0.25) is 5.91 Å². The number of carbonyl (C=O) groups is 3. The molecular weight excluding hydrogens is 398 g/mol. The van der Waals surface area contributed by atoms with Crippen molar-refractivity contribution >= 4 is 23.5 Å². The zero-order valence-corrected chi connectivity index (χ0v) is 15.2. The van der Waals surface area contributed by atoms with Crippen LogP contribution in [0.1, 0.15) is 28.4 Å². The van der Waals surface area contributed by atoms with E-state index in [1.54, 1.807) is 0 Å². The Morgan fingerprint density at radius 3 is 2.31 bits per heavy atom. The fourth-order valence-electron chi connectivity index (χ4n) is 2.37. The summed E-state index contributed by atoms with van der Waals surface area (Å²) in [6.45, 7) is 1.13. The molecule has 0 saturated heterocycles. The zero-order valence-electron chi connectivity index (χ0n) is 15.2. The molecule has 29 heavy (non-hydrogen) atoms. The number of ether oxygens (including phenoxy) is 2. The predicted octanol–water partition coefficient (Wildman–Crippen LogP) is 3.74. The molecule has 0 heterocycles. The number of alkyl halides is 3. The Kier molecular flexibility index (Phi) is 6.57. The summed E-state index contributed by atoms with van der Waals surface area (Å²) >= 11 is 0. The number of hydrogen-bond donors (Lipinski definition) is 1. The van der Waals surface area contributed by atoms with Crippen LogP contribution in [-0.2, 0) is 26.9 Å². The average Bonchev–Trinajstić information content (AvgIpc) is 2.62. The molecule has 0 aliphatic rings. The van der Waals surface area contributed by atoms with Crippen molar-refractivity contribution in [3.63, 3.8) is 0 Å². The molecule has 0 aromatic heterocycles. The number of esters is 2. The van der Waals surface area contributed by atoms with Crippen LogP contribution in [0.5, 0.6) is 5.75 Å². The summed E-state index contributed by atoms with van der Waals surface area (Å²) in [4.78, 5) is 35.1. The van der Waals surface area contributed by atoms with E-state index in [9.17, 15) is 31.9 Å². The van der Waals surface area contributed by atoms with Gasteiger partial charge in [0.25, 0.3) is 0 Å².